The lowest BCUT2D eigenvalue weighted by atomic mass is 9.81. The van der Waals surface area contributed by atoms with Gasteiger partial charge >= 0.3 is 5.69 Å². The van der Waals surface area contributed by atoms with Gasteiger partial charge in [-0.2, -0.15) is 0 Å². The molecule has 0 fully saturated rings. The number of hydrogen-bond acceptors (Lipinski definition) is 4. The monoisotopic (exact) mass is 357 g/mol. The Labute approximate surface area is 153 Å². The number of carbonyl (C=O) groups is 1. The van der Waals surface area contributed by atoms with E-state index >= 15 is 0 Å². The number of anilines is 1. The maximum Gasteiger partial charge on any atom is 0.329 e. The molecule has 1 atom stereocenters. The Morgan fingerprint density at radius 3 is 2.30 bits per heavy atom. The van der Waals surface area contributed by atoms with Crippen LogP contribution < -0.4 is 16.6 Å². The molecule has 0 radical (unpaired) electrons. The van der Waals surface area contributed by atoms with E-state index in [1.54, 1.807) is 13.1 Å². The minimum atomic E-state index is -0.548. The molecule has 2 heterocycles. The molecule has 3 aromatic rings. The number of nitrogens with one attached hydrogen (secondary N) is 2. The van der Waals surface area contributed by atoms with Crippen molar-refractivity contribution in [2.24, 2.45) is 7.05 Å². The van der Waals surface area contributed by atoms with E-state index in [0.29, 0.717) is 28.2 Å². The number of rotatable bonds is 1. The van der Waals surface area contributed by atoms with Crippen molar-refractivity contribution in [3.05, 3.63) is 103 Å². The molecule has 132 valence electrons. The number of H-pyrrole nitrogens is 1. The average molecular weight is 357 g/mol. The number of benzene rings is 2. The van der Waals surface area contributed by atoms with Gasteiger partial charge in [-0.25, -0.2) is 4.79 Å². The van der Waals surface area contributed by atoms with Gasteiger partial charge < -0.3 is 5.32 Å². The van der Waals surface area contributed by atoms with Gasteiger partial charge in [-0.15, -0.1) is 0 Å². The summed E-state index contributed by atoms with van der Waals surface area (Å²) in [5, 5.41) is 3.20. The molecule has 27 heavy (non-hydrogen) atoms. The Morgan fingerprint density at radius 2 is 1.56 bits per heavy atom. The molecule has 1 aromatic heterocycles. The van der Waals surface area contributed by atoms with Crippen molar-refractivity contribution in [2.75, 3.05) is 5.32 Å². The summed E-state index contributed by atoms with van der Waals surface area (Å²) in [7, 11) is 1.60. The number of hydrogen-bond donors (Lipinski definition) is 2. The number of ketones is 1. The topological polar surface area (TPSA) is 84.0 Å². The highest BCUT2D eigenvalue weighted by atomic mass is 16.2. The van der Waals surface area contributed by atoms with E-state index < -0.39 is 17.2 Å². The molecule has 1 aliphatic carbocycles. The number of Topliss-reactive ketones (excluding diaryl/α,β-unsaturated/α-hetero) is 1. The zero-order chi connectivity index (χ0) is 18.7. The predicted molar refractivity (Wildman–Crippen MR) is 102 cm³/mol. The molecule has 0 bridgehead atoms. The molecule has 2 aliphatic rings. The number of aromatic amines is 1. The van der Waals surface area contributed by atoms with Crippen molar-refractivity contribution in [2.45, 2.75) is 5.92 Å². The lowest BCUT2D eigenvalue weighted by molar-refractivity contribution is 0.103. The third-order valence-electron chi connectivity index (χ3n) is 5.27. The highest BCUT2D eigenvalue weighted by Gasteiger charge is 2.42. The van der Waals surface area contributed by atoms with Gasteiger partial charge in [0, 0.05) is 29.7 Å². The molecular weight excluding hydrogens is 342 g/mol. The van der Waals surface area contributed by atoms with Crippen molar-refractivity contribution in [3.63, 3.8) is 0 Å². The molecule has 0 amide bonds. The summed E-state index contributed by atoms with van der Waals surface area (Å²) in [6, 6.07) is 16.8. The van der Waals surface area contributed by atoms with E-state index in [0.717, 1.165) is 11.1 Å². The molecule has 2 N–H and O–H groups in total. The smallest absolute Gasteiger partial charge is 0.329 e. The summed E-state index contributed by atoms with van der Waals surface area (Å²) in [5.41, 5.74) is 2.82. The van der Waals surface area contributed by atoms with Gasteiger partial charge in [-0.1, -0.05) is 54.6 Å². The lowest BCUT2D eigenvalue weighted by Gasteiger charge is -2.28. The van der Waals surface area contributed by atoms with Crippen LogP contribution in [-0.4, -0.2) is 15.3 Å². The molecule has 1 aliphatic heterocycles. The maximum atomic E-state index is 13.2. The molecule has 0 spiro atoms. The van der Waals surface area contributed by atoms with Crippen LogP contribution in [0.1, 0.15) is 33.0 Å². The van der Waals surface area contributed by atoms with Crippen LogP contribution in [0.2, 0.25) is 0 Å². The highest BCUT2D eigenvalue weighted by molar-refractivity contribution is 6.23. The van der Waals surface area contributed by atoms with Crippen molar-refractivity contribution < 1.29 is 4.79 Å². The van der Waals surface area contributed by atoms with Crippen LogP contribution in [0.3, 0.4) is 0 Å². The number of nitrogens with zero attached hydrogens (tertiary/aromatic N) is 1. The zero-order valence-corrected chi connectivity index (χ0v) is 14.4. The van der Waals surface area contributed by atoms with Gasteiger partial charge in [0.05, 0.1) is 11.3 Å². The van der Waals surface area contributed by atoms with E-state index in [-0.39, 0.29) is 5.78 Å². The van der Waals surface area contributed by atoms with Crippen LogP contribution in [0.5, 0.6) is 0 Å². The van der Waals surface area contributed by atoms with Crippen molar-refractivity contribution in [3.8, 4) is 0 Å². The van der Waals surface area contributed by atoms with Gasteiger partial charge in [0.15, 0.2) is 5.78 Å². The Balaban J connectivity index is 1.88. The van der Waals surface area contributed by atoms with E-state index in [9.17, 15) is 14.4 Å². The summed E-state index contributed by atoms with van der Waals surface area (Å²) < 4.78 is 1.38. The van der Waals surface area contributed by atoms with Crippen molar-refractivity contribution in [1.82, 2.24) is 9.55 Å². The third kappa shape index (κ3) is 2.04. The summed E-state index contributed by atoms with van der Waals surface area (Å²) in [5.74, 6) is -0.227. The number of aromatic nitrogens is 2. The van der Waals surface area contributed by atoms with Crippen LogP contribution in [0.25, 0.3) is 5.70 Å². The first-order valence-corrected chi connectivity index (χ1v) is 8.61. The fourth-order valence-electron chi connectivity index (χ4n) is 4.01. The van der Waals surface area contributed by atoms with Gasteiger partial charge in [-0.05, 0) is 5.56 Å². The molecular formula is C21H15N3O3. The fraction of sp³-hybridized carbons (Fsp3) is 0.0952. The summed E-state index contributed by atoms with van der Waals surface area (Å²) in [6.45, 7) is 0. The second-order valence-corrected chi connectivity index (χ2v) is 6.71. The molecule has 6 heteroatoms. The molecule has 1 unspecified atom stereocenters. The standard InChI is InChI=1S/C21H15N3O3/c1-24-19-16(20(26)23-21(24)27)14(11-7-3-2-4-8-11)15-17(22-19)12-9-5-6-10-13(12)18(15)25/h2-10,14,22H,1H3,(H,23,26,27). The Bertz CT molecular complexity index is 1270. The summed E-state index contributed by atoms with van der Waals surface area (Å²) in [6.07, 6.45) is 0. The Hall–Kier alpha value is -3.67. The minimum absolute atomic E-state index is 0.0964. The molecule has 0 saturated heterocycles. The fourth-order valence-corrected chi connectivity index (χ4v) is 4.01. The first-order chi connectivity index (χ1) is 13.1. The van der Waals surface area contributed by atoms with Gasteiger partial charge in [0.1, 0.15) is 5.82 Å². The number of fused-ring (bicyclic) bond motifs is 3. The highest BCUT2D eigenvalue weighted by Crippen LogP contribution is 2.47. The van der Waals surface area contributed by atoms with E-state index in [1.165, 1.54) is 4.57 Å². The van der Waals surface area contributed by atoms with Crippen LogP contribution in [0.15, 0.2) is 69.8 Å². The molecule has 0 saturated carbocycles. The van der Waals surface area contributed by atoms with E-state index in [4.69, 9.17) is 0 Å². The van der Waals surface area contributed by atoms with Crippen molar-refractivity contribution in [1.29, 1.82) is 0 Å². The van der Waals surface area contributed by atoms with Crippen molar-refractivity contribution >= 4 is 17.3 Å². The third-order valence-corrected chi connectivity index (χ3v) is 5.27. The first-order valence-electron chi connectivity index (χ1n) is 8.61. The summed E-state index contributed by atoms with van der Waals surface area (Å²) >= 11 is 0. The normalized spacial score (nSPS) is 17.2. The Kier molecular flexibility index (Phi) is 3.12. The molecule has 5 rings (SSSR count). The SMILES string of the molecule is Cn1c2c(c(=O)[nH]c1=O)C(c1ccccc1)C1=C(N2)c2ccccc2C1=O. The van der Waals surface area contributed by atoms with Gasteiger partial charge in [0.2, 0.25) is 0 Å². The predicted octanol–water partition coefficient (Wildman–Crippen LogP) is 2.24. The largest absolute Gasteiger partial charge is 0.340 e. The lowest BCUT2D eigenvalue weighted by Crippen LogP contribution is -2.37. The first kappa shape index (κ1) is 15.6. The number of carbonyl (C=O) groups excluding carboxylic acids is 1. The van der Waals surface area contributed by atoms with Gasteiger partial charge in [0.25, 0.3) is 5.56 Å². The summed E-state index contributed by atoms with van der Waals surface area (Å²) in [4.78, 5) is 40.5. The second kappa shape index (κ2) is 5.41. The van der Waals surface area contributed by atoms with E-state index in [1.807, 2.05) is 48.5 Å². The Morgan fingerprint density at radius 1 is 0.889 bits per heavy atom. The van der Waals surface area contributed by atoms with Crippen LogP contribution in [-0.2, 0) is 7.05 Å². The van der Waals surface area contributed by atoms with Crippen LogP contribution in [0.4, 0.5) is 5.82 Å². The maximum absolute atomic E-state index is 13.2. The zero-order valence-electron chi connectivity index (χ0n) is 14.4. The van der Waals surface area contributed by atoms with Crippen LogP contribution >= 0.6 is 0 Å². The van der Waals surface area contributed by atoms with E-state index in [2.05, 4.69) is 10.3 Å². The average Bonchev–Trinajstić information content (AvgIpc) is 2.98. The molecule has 6 nitrogen and oxygen atoms in total. The number of allylic oxidation sites excluding steroid dienone is 1. The quantitative estimate of drug-likeness (QED) is 0.700. The molecule has 2 aromatic carbocycles. The van der Waals surface area contributed by atoms with Crippen LogP contribution in [0, 0.1) is 0 Å². The second-order valence-electron chi connectivity index (χ2n) is 6.71. The van der Waals surface area contributed by atoms with Gasteiger partial charge in [-0.3, -0.25) is 19.1 Å². The minimum Gasteiger partial charge on any atom is -0.340 e.